The van der Waals surface area contributed by atoms with Crippen LogP contribution in [-0.4, -0.2) is 18.0 Å². The van der Waals surface area contributed by atoms with Crippen LogP contribution in [0.3, 0.4) is 0 Å². The van der Waals surface area contributed by atoms with E-state index in [0.717, 1.165) is 24.8 Å². The summed E-state index contributed by atoms with van der Waals surface area (Å²) in [6.07, 6.45) is 3.50. The number of carbonyl (C=O) groups is 1. The van der Waals surface area contributed by atoms with Crippen LogP contribution in [0.4, 0.5) is 0 Å². The average Bonchev–Trinajstić information content (AvgIpc) is 2.19. The maximum atomic E-state index is 11.5. The van der Waals surface area contributed by atoms with Gasteiger partial charge < -0.3 is 15.4 Å². The van der Waals surface area contributed by atoms with Gasteiger partial charge in [-0.3, -0.25) is 6.04 Å². The number of rotatable bonds is 1. The zero-order valence-corrected chi connectivity index (χ0v) is 21.6. The van der Waals surface area contributed by atoms with Gasteiger partial charge in [-0.1, -0.05) is 26.2 Å². The normalized spacial score (nSPS) is 32.1. The first-order chi connectivity index (χ1) is 7.08. The van der Waals surface area contributed by atoms with Crippen LogP contribution in [0.2, 0.25) is 0 Å². The molecule has 1 aliphatic carbocycles. The van der Waals surface area contributed by atoms with Gasteiger partial charge in [0.15, 0.2) is 0 Å². The monoisotopic (exact) mass is 378 g/mol. The largest absolute Gasteiger partial charge is 1.00 e. The Kier molecular flexibility index (Phi) is 10.6. The minimum absolute atomic E-state index is 0. The Bertz CT molecular complexity index is 261. The first-order valence-corrected chi connectivity index (χ1v) is 5.93. The van der Waals surface area contributed by atoms with E-state index in [1.54, 1.807) is 0 Å². The van der Waals surface area contributed by atoms with Crippen LogP contribution in [0.25, 0.3) is 5.32 Å². The molecule has 1 N–H and O–H groups in total. The molecule has 2 rings (SSSR count). The summed E-state index contributed by atoms with van der Waals surface area (Å²) in [5.74, 6) is 1.41. The molecule has 1 heterocycles. The summed E-state index contributed by atoms with van der Waals surface area (Å²) >= 11 is 0. The second-order valence-corrected chi connectivity index (χ2v) is 5.19. The molecule has 0 aromatic heterocycles. The van der Waals surface area contributed by atoms with E-state index in [0.29, 0.717) is 12.0 Å². The van der Waals surface area contributed by atoms with Gasteiger partial charge in [-0.25, -0.2) is 0 Å². The third kappa shape index (κ3) is 5.31. The number of piperazine rings is 1. The van der Waals surface area contributed by atoms with Crippen molar-refractivity contribution in [1.82, 2.24) is 5.32 Å². The number of nitrogens with one attached hydrogen (secondary N) is 1. The number of carbonyl (C=O) groups excluding carboxylic acids is 1. The maximum Gasteiger partial charge on any atom is 1.00 e. The maximum absolute atomic E-state index is 11.5. The van der Waals surface area contributed by atoms with Crippen molar-refractivity contribution in [3.8, 4) is 0 Å². The van der Waals surface area contributed by atoms with Gasteiger partial charge in [0.05, 0.1) is 0 Å². The molecular formula is C12H20N2ORb2. The van der Waals surface area contributed by atoms with Gasteiger partial charge in [0.1, 0.15) is 0 Å². The van der Waals surface area contributed by atoms with E-state index >= 15 is 0 Å². The molecule has 3 unspecified atom stereocenters. The topological polar surface area (TPSA) is 43.2 Å². The Hall–Kier alpha value is 2.91. The summed E-state index contributed by atoms with van der Waals surface area (Å²) in [4.78, 5) is 11.5. The molecule has 1 saturated heterocycles. The first-order valence-electron chi connectivity index (χ1n) is 5.93. The fourth-order valence-corrected chi connectivity index (χ4v) is 2.68. The van der Waals surface area contributed by atoms with Crippen LogP contribution >= 0.6 is 0 Å². The minimum Gasteiger partial charge on any atom is -0.675 e. The summed E-state index contributed by atoms with van der Waals surface area (Å²) in [5, 5.41) is 7.58. The Labute approximate surface area is 203 Å². The smallest absolute Gasteiger partial charge is 0.675 e. The molecular weight excluding hydrogens is 359 g/mol. The molecule has 2 aliphatic rings. The first kappa shape index (κ1) is 19.9. The van der Waals surface area contributed by atoms with E-state index in [1.807, 2.05) is 6.92 Å². The van der Waals surface area contributed by atoms with Gasteiger partial charge in [-0.05, 0) is 30.7 Å². The quantitative estimate of drug-likeness (QED) is 0.476. The SMILES string of the molecule is C[C-]1NC2CCC(C(C)C)CC2[N-]C1=O.[Rb+].[Rb+]. The molecule has 3 nitrogen and oxygen atoms in total. The Balaban J connectivity index is 0.00000128. The van der Waals surface area contributed by atoms with Gasteiger partial charge in [0, 0.05) is 0 Å². The zero-order valence-electron chi connectivity index (χ0n) is 11.8. The van der Waals surface area contributed by atoms with Crippen LogP contribution < -0.4 is 122 Å². The van der Waals surface area contributed by atoms with Crippen molar-refractivity contribution < 1.29 is 121 Å². The fourth-order valence-electron chi connectivity index (χ4n) is 2.68. The van der Waals surface area contributed by atoms with Crippen molar-refractivity contribution in [3.63, 3.8) is 0 Å². The van der Waals surface area contributed by atoms with Crippen molar-refractivity contribution >= 4 is 5.91 Å². The molecule has 5 heteroatoms. The summed E-state index contributed by atoms with van der Waals surface area (Å²) in [6, 6.07) is 1.36. The number of amides is 1. The molecule has 1 saturated carbocycles. The van der Waals surface area contributed by atoms with Gasteiger partial charge in [-0.15, -0.1) is 6.04 Å². The van der Waals surface area contributed by atoms with Crippen molar-refractivity contribution in [3.05, 3.63) is 11.4 Å². The van der Waals surface area contributed by atoms with Crippen LogP contribution in [0.15, 0.2) is 0 Å². The molecule has 0 bridgehead atoms. The van der Waals surface area contributed by atoms with Crippen molar-refractivity contribution in [2.75, 3.05) is 0 Å². The van der Waals surface area contributed by atoms with Crippen LogP contribution in [0.1, 0.15) is 40.0 Å². The van der Waals surface area contributed by atoms with Crippen LogP contribution in [-0.2, 0) is 4.79 Å². The van der Waals surface area contributed by atoms with E-state index in [4.69, 9.17) is 0 Å². The van der Waals surface area contributed by atoms with E-state index in [-0.39, 0.29) is 128 Å². The molecule has 0 aromatic carbocycles. The number of hydrogen-bond acceptors (Lipinski definition) is 2. The predicted octanol–water partition coefficient (Wildman–Crippen LogP) is -3.76. The van der Waals surface area contributed by atoms with E-state index < -0.39 is 0 Å². The minimum atomic E-state index is -0.0411. The Morgan fingerprint density at radius 1 is 1.35 bits per heavy atom. The number of hydrogen-bond donors (Lipinski definition) is 1. The molecule has 17 heavy (non-hydrogen) atoms. The summed E-state index contributed by atoms with van der Waals surface area (Å²) in [6.45, 7) is 6.36. The van der Waals surface area contributed by atoms with Crippen LogP contribution in [0, 0.1) is 17.9 Å². The van der Waals surface area contributed by atoms with E-state index in [1.165, 1.54) is 6.42 Å². The molecule has 0 spiro atoms. The number of fused-ring (bicyclic) bond motifs is 1. The standard InChI is InChI=1S/C12H21N2O.2Rb/c1-7(2)9-4-5-10-11(6-9)14-12(15)8(3)13-10;;/h7,9-11,13H,4-6H2,1-3H3,(H,14,15);;/q-1;2*+1/p-1. The second kappa shape index (κ2) is 9.04. The molecule has 3 atom stereocenters. The molecule has 0 aromatic rings. The van der Waals surface area contributed by atoms with Gasteiger partial charge in [0.2, 0.25) is 0 Å². The Morgan fingerprint density at radius 3 is 2.59 bits per heavy atom. The molecule has 0 radical (unpaired) electrons. The van der Waals surface area contributed by atoms with E-state index in [2.05, 4.69) is 24.5 Å². The molecule has 1 aliphatic heterocycles. The van der Waals surface area contributed by atoms with Crippen molar-refractivity contribution in [1.29, 1.82) is 0 Å². The van der Waals surface area contributed by atoms with Gasteiger partial charge in [-0.2, -0.15) is 6.92 Å². The zero-order chi connectivity index (χ0) is 11.0. The van der Waals surface area contributed by atoms with E-state index in [9.17, 15) is 4.79 Å². The molecule has 1 amide bonds. The van der Waals surface area contributed by atoms with Crippen molar-refractivity contribution in [2.45, 2.75) is 52.1 Å². The molecule has 86 valence electrons. The Morgan fingerprint density at radius 2 is 2.00 bits per heavy atom. The summed E-state index contributed by atoms with van der Waals surface area (Å²) < 4.78 is 0. The summed E-state index contributed by atoms with van der Waals surface area (Å²) in [5.41, 5.74) is 0. The second-order valence-electron chi connectivity index (χ2n) is 5.19. The van der Waals surface area contributed by atoms with Crippen molar-refractivity contribution in [2.24, 2.45) is 11.8 Å². The average molecular weight is 379 g/mol. The molecule has 2 fully saturated rings. The van der Waals surface area contributed by atoms with Gasteiger partial charge in [0.25, 0.3) is 0 Å². The third-order valence-corrected chi connectivity index (χ3v) is 3.81. The van der Waals surface area contributed by atoms with Crippen LogP contribution in [0.5, 0.6) is 0 Å². The summed E-state index contributed by atoms with van der Waals surface area (Å²) in [7, 11) is 0. The van der Waals surface area contributed by atoms with Gasteiger partial charge >= 0.3 is 116 Å². The number of nitrogens with zero attached hydrogens (tertiary/aromatic N) is 1. The third-order valence-electron chi connectivity index (χ3n) is 3.81. The predicted molar refractivity (Wildman–Crippen MR) is 60.2 cm³/mol. The fraction of sp³-hybridized carbons (Fsp3) is 0.833.